The second kappa shape index (κ2) is 8.37. The van der Waals surface area contributed by atoms with E-state index in [1.807, 2.05) is 0 Å². The molecule has 1 aromatic rings. The zero-order chi connectivity index (χ0) is 15.1. The molecule has 0 radical (unpaired) electrons. The van der Waals surface area contributed by atoms with Gasteiger partial charge in [0.1, 0.15) is 0 Å². The minimum Gasteiger partial charge on any atom is -0.325 e. The third kappa shape index (κ3) is 6.04. The third-order valence-corrected chi connectivity index (χ3v) is 3.97. The number of benzene rings is 1. The summed E-state index contributed by atoms with van der Waals surface area (Å²) in [5, 5.41) is 6.80. The van der Waals surface area contributed by atoms with Crippen molar-refractivity contribution in [1.29, 1.82) is 0 Å². The van der Waals surface area contributed by atoms with Crippen LogP contribution in [0.5, 0.6) is 0 Å². The number of nitrogens with zero attached hydrogens (tertiary/aromatic N) is 1. The van der Waals surface area contributed by atoms with Crippen molar-refractivity contribution in [2.75, 3.05) is 31.5 Å². The summed E-state index contributed by atoms with van der Waals surface area (Å²) in [6.07, 6.45) is 3.94. The molecule has 1 unspecified atom stereocenters. The predicted molar refractivity (Wildman–Crippen MR) is 87.8 cm³/mol. The summed E-state index contributed by atoms with van der Waals surface area (Å²) in [5.41, 5.74) is 0.773. The van der Waals surface area contributed by atoms with E-state index in [-0.39, 0.29) is 5.91 Å². The average Bonchev–Trinajstić information content (AvgIpc) is 2.49. The molecule has 0 aliphatic carbocycles. The first kappa shape index (κ1) is 16.3. The Hall–Kier alpha value is -1.10. The maximum absolute atomic E-state index is 11.9. The summed E-state index contributed by atoms with van der Waals surface area (Å²) in [5.74, 6) is -0.0252. The smallest absolute Gasteiger partial charge is 0.238 e. The Morgan fingerprint density at radius 3 is 2.57 bits per heavy atom. The van der Waals surface area contributed by atoms with E-state index in [1.165, 1.54) is 32.4 Å². The molecule has 1 atom stereocenters. The lowest BCUT2D eigenvalue weighted by Gasteiger charge is -2.29. The molecular weight excluding hydrogens is 286 g/mol. The fraction of sp³-hybridized carbons (Fsp3) is 0.562. The Labute approximate surface area is 131 Å². The quantitative estimate of drug-likeness (QED) is 0.849. The van der Waals surface area contributed by atoms with E-state index >= 15 is 0 Å². The number of nitrogens with one attached hydrogen (secondary N) is 2. The lowest BCUT2D eigenvalue weighted by Crippen LogP contribution is -2.43. The fourth-order valence-electron chi connectivity index (χ4n) is 2.60. The molecule has 0 saturated carbocycles. The number of halogens is 1. The van der Waals surface area contributed by atoms with E-state index in [4.69, 9.17) is 11.6 Å². The van der Waals surface area contributed by atoms with Crippen molar-refractivity contribution >= 4 is 23.2 Å². The van der Waals surface area contributed by atoms with Crippen molar-refractivity contribution in [1.82, 2.24) is 10.2 Å². The van der Waals surface area contributed by atoms with E-state index in [0.29, 0.717) is 17.6 Å². The molecule has 1 amide bonds. The zero-order valence-corrected chi connectivity index (χ0v) is 13.3. The first-order chi connectivity index (χ1) is 10.1. The maximum atomic E-state index is 11.9. The van der Waals surface area contributed by atoms with Gasteiger partial charge in [0, 0.05) is 23.3 Å². The van der Waals surface area contributed by atoms with Crippen LogP contribution in [0.3, 0.4) is 0 Å². The van der Waals surface area contributed by atoms with Crippen LogP contribution in [-0.4, -0.2) is 43.0 Å². The number of anilines is 1. The normalized spacial score (nSPS) is 17.4. The molecule has 21 heavy (non-hydrogen) atoms. The van der Waals surface area contributed by atoms with Crippen LogP contribution in [-0.2, 0) is 4.79 Å². The highest BCUT2D eigenvalue weighted by atomic mass is 35.5. The number of hydrogen-bond acceptors (Lipinski definition) is 3. The van der Waals surface area contributed by atoms with Gasteiger partial charge in [-0.3, -0.25) is 4.79 Å². The Bertz CT molecular complexity index is 443. The number of rotatable bonds is 6. The van der Waals surface area contributed by atoms with Gasteiger partial charge in [-0.25, -0.2) is 0 Å². The Balaban J connectivity index is 1.66. The SMILES string of the molecule is CC(CN1CCCCC1)NCC(=O)Nc1ccc(Cl)cc1. The molecular formula is C16H24ClN3O. The Kier molecular flexibility index (Phi) is 6.49. The average molecular weight is 310 g/mol. The van der Waals surface area contributed by atoms with Crippen LogP contribution in [0.4, 0.5) is 5.69 Å². The van der Waals surface area contributed by atoms with Crippen molar-refractivity contribution in [3.8, 4) is 0 Å². The van der Waals surface area contributed by atoms with Gasteiger partial charge in [-0.05, 0) is 57.1 Å². The van der Waals surface area contributed by atoms with Gasteiger partial charge in [0.15, 0.2) is 0 Å². The van der Waals surface area contributed by atoms with Crippen LogP contribution in [0.15, 0.2) is 24.3 Å². The van der Waals surface area contributed by atoms with Crippen LogP contribution in [0, 0.1) is 0 Å². The topological polar surface area (TPSA) is 44.4 Å². The van der Waals surface area contributed by atoms with Gasteiger partial charge in [0.2, 0.25) is 5.91 Å². The highest BCUT2D eigenvalue weighted by molar-refractivity contribution is 6.30. The molecule has 1 aromatic carbocycles. The molecule has 0 bridgehead atoms. The number of carbonyl (C=O) groups is 1. The zero-order valence-electron chi connectivity index (χ0n) is 12.6. The van der Waals surface area contributed by atoms with E-state index in [0.717, 1.165) is 12.2 Å². The number of likely N-dealkylation sites (tertiary alicyclic amines) is 1. The van der Waals surface area contributed by atoms with E-state index in [9.17, 15) is 4.79 Å². The van der Waals surface area contributed by atoms with Crippen molar-refractivity contribution in [3.63, 3.8) is 0 Å². The summed E-state index contributed by atoms with van der Waals surface area (Å²) < 4.78 is 0. The summed E-state index contributed by atoms with van der Waals surface area (Å²) >= 11 is 5.81. The third-order valence-electron chi connectivity index (χ3n) is 3.72. The molecule has 1 heterocycles. The molecule has 2 N–H and O–H groups in total. The van der Waals surface area contributed by atoms with Crippen LogP contribution in [0.25, 0.3) is 0 Å². The second-order valence-corrected chi connectivity index (χ2v) is 6.13. The molecule has 1 fully saturated rings. The highest BCUT2D eigenvalue weighted by Gasteiger charge is 2.13. The van der Waals surface area contributed by atoms with Crippen LogP contribution >= 0.6 is 11.6 Å². The minimum absolute atomic E-state index is 0.0252. The summed E-state index contributed by atoms with van der Waals surface area (Å²) in [4.78, 5) is 14.3. The standard InChI is InChI=1S/C16H24ClN3O/c1-13(12-20-9-3-2-4-10-20)18-11-16(21)19-15-7-5-14(17)6-8-15/h5-8,13,18H,2-4,9-12H2,1H3,(H,19,21). The van der Waals surface area contributed by atoms with Crippen LogP contribution in [0.1, 0.15) is 26.2 Å². The van der Waals surface area contributed by atoms with E-state index in [1.54, 1.807) is 24.3 Å². The minimum atomic E-state index is -0.0252. The van der Waals surface area contributed by atoms with Crippen LogP contribution < -0.4 is 10.6 Å². The Morgan fingerprint density at radius 2 is 1.90 bits per heavy atom. The number of carbonyl (C=O) groups excluding carboxylic acids is 1. The van der Waals surface area contributed by atoms with Gasteiger partial charge in [-0.1, -0.05) is 18.0 Å². The van der Waals surface area contributed by atoms with Gasteiger partial charge < -0.3 is 15.5 Å². The monoisotopic (exact) mass is 309 g/mol. The van der Waals surface area contributed by atoms with E-state index in [2.05, 4.69) is 22.5 Å². The first-order valence-corrected chi connectivity index (χ1v) is 8.02. The lowest BCUT2D eigenvalue weighted by molar-refractivity contribution is -0.115. The van der Waals surface area contributed by atoms with Gasteiger partial charge in [-0.15, -0.1) is 0 Å². The Morgan fingerprint density at radius 1 is 1.24 bits per heavy atom. The highest BCUT2D eigenvalue weighted by Crippen LogP contribution is 2.13. The first-order valence-electron chi connectivity index (χ1n) is 7.64. The lowest BCUT2D eigenvalue weighted by atomic mass is 10.1. The fourth-order valence-corrected chi connectivity index (χ4v) is 2.73. The molecule has 5 heteroatoms. The maximum Gasteiger partial charge on any atom is 0.238 e. The molecule has 116 valence electrons. The summed E-state index contributed by atoms with van der Waals surface area (Å²) in [6, 6.07) is 7.46. The van der Waals surface area contributed by atoms with Gasteiger partial charge in [-0.2, -0.15) is 0 Å². The number of hydrogen-bond donors (Lipinski definition) is 2. The predicted octanol–water partition coefficient (Wildman–Crippen LogP) is 2.74. The molecule has 0 aromatic heterocycles. The molecule has 0 spiro atoms. The second-order valence-electron chi connectivity index (χ2n) is 5.70. The van der Waals surface area contributed by atoms with Crippen molar-refractivity contribution in [2.24, 2.45) is 0 Å². The van der Waals surface area contributed by atoms with Crippen molar-refractivity contribution < 1.29 is 4.79 Å². The summed E-state index contributed by atoms with van der Waals surface area (Å²) in [7, 11) is 0. The number of amides is 1. The summed E-state index contributed by atoms with van der Waals surface area (Å²) in [6.45, 7) is 5.84. The van der Waals surface area contributed by atoms with Gasteiger partial charge >= 0.3 is 0 Å². The molecule has 2 rings (SSSR count). The van der Waals surface area contributed by atoms with Gasteiger partial charge in [0.25, 0.3) is 0 Å². The largest absolute Gasteiger partial charge is 0.325 e. The van der Waals surface area contributed by atoms with Crippen molar-refractivity contribution in [3.05, 3.63) is 29.3 Å². The van der Waals surface area contributed by atoms with Crippen LogP contribution in [0.2, 0.25) is 5.02 Å². The molecule has 1 aliphatic rings. The molecule has 4 nitrogen and oxygen atoms in total. The number of piperidine rings is 1. The molecule has 1 saturated heterocycles. The molecule has 1 aliphatic heterocycles. The van der Waals surface area contributed by atoms with Crippen molar-refractivity contribution in [2.45, 2.75) is 32.2 Å². The van der Waals surface area contributed by atoms with E-state index < -0.39 is 0 Å². The van der Waals surface area contributed by atoms with Gasteiger partial charge in [0.05, 0.1) is 6.54 Å².